The van der Waals surface area contributed by atoms with Crippen LogP contribution in [-0.4, -0.2) is 0 Å². The van der Waals surface area contributed by atoms with Gasteiger partial charge >= 0.3 is 0 Å². The Morgan fingerprint density at radius 1 is 0.467 bits per heavy atom. The Morgan fingerprint density at radius 3 is 1.47 bits per heavy atom. The summed E-state index contributed by atoms with van der Waals surface area (Å²) < 4.78 is 1.21. The number of hydrogen-bond acceptors (Lipinski definition) is 1. The molecule has 8 rings (SSSR count). The van der Waals surface area contributed by atoms with Crippen molar-refractivity contribution in [3.05, 3.63) is 183 Å². The Hall–Kier alpha value is -4.40. The molecule has 45 heavy (non-hydrogen) atoms. The predicted octanol–water partition coefficient (Wildman–Crippen LogP) is 11.6. The van der Waals surface area contributed by atoms with Gasteiger partial charge in [0.2, 0.25) is 0 Å². The smallest absolute Gasteiger partial charge is 0.0313 e. The molecule has 0 fully saturated rings. The van der Waals surface area contributed by atoms with Crippen LogP contribution < -0.4 is 5.73 Å². The van der Waals surface area contributed by atoms with Crippen LogP contribution in [-0.2, 0) is 17.3 Å². The summed E-state index contributed by atoms with van der Waals surface area (Å²) in [6, 6.07) is 51.0. The van der Waals surface area contributed by atoms with Crippen molar-refractivity contribution in [2.75, 3.05) is 5.73 Å². The molecule has 0 bridgehead atoms. The van der Waals surface area contributed by atoms with Crippen molar-refractivity contribution in [1.29, 1.82) is 0 Å². The van der Waals surface area contributed by atoms with Crippen LogP contribution in [0.3, 0.4) is 0 Å². The van der Waals surface area contributed by atoms with Gasteiger partial charge in [0.1, 0.15) is 0 Å². The van der Waals surface area contributed by atoms with Crippen LogP contribution >= 0.6 is 15.9 Å². The zero-order valence-corrected chi connectivity index (χ0v) is 28.1. The molecule has 0 saturated carbocycles. The van der Waals surface area contributed by atoms with Crippen LogP contribution in [0.1, 0.15) is 61.1 Å². The average molecular weight is 651 g/mol. The molecule has 0 aromatic heterocycles. The summed E-state index contributed by atoms with van der Waals surface area (Å²) in [7, 11) is 0. The van der Waals surface area contributed by atoms with E-state index < -0.39 is 0 Å². The molecule has 0 saturated heterocycles. The van der Waals surface area contributed by atoms with Crippen molar-refractivity contribution >= 4 is 21.6 Å². The third-order valence-electron chi connectivity index (χ3n) is 9.23. The van der Waals surface area contributed by atoms with E-state index in [0.717, 1.165) is 12.1 Å². The third kappa shape index (κ3) is 5.88. The lowest BCUT2D eigenvalue weighted by Gasteiger charge is -2.24. The van der Waals surface area contributed by atoms with Gasteiger partial charge in [0.25, 0.3) is 0 Å². The average Bonchev–Trinajstić information content (AvgIpc) is 3.44. The second-order valence-corrected chi connectivity index (χ2v) is 13.8. The van der Waals surface area contributed by atoms with Crippen LogP contribution in [0.5, 0.6) is 0 Å². The van der Waals surface area contributed by atoms with Crippen LogP contribution in [0.15, 0.2) is 150 Å². The number of fused-ring (bicyclic) bond motifs is 6. The van der Waals surface area contributed by atoms with Gasteiger partial charge in [0, 0.05) is 21.0 Å². The highest BCUT2D eigenvalue weighted by Crippen LogP contribution is 2.51. The number of benzene rings is 6. The van der Waals surface area contributed by atoms with Crippen molar-refractivity contribution in [1.82, 2.24) is 0 Å². The van der Waals surface area contributed by atoms with E-state index in [2.05, 4.69) is 159 Å². The molecule has 0 unspecified atom stereocenters. The molecule has 6 aromatic rings. The molecule has 1 nitrogen and oxygen atoms in total. The van der Waals surface area contributed by atoms with E-state index in [1.165, 1.54) is 60.1 Å². The van der Waals surface area contributed by atoms with E-state index in [1.54, 1.807) is 0 Å². The van der Waals surface area contributed by atoms with Crippen LogP contribution in [0.4, 0.5) is 5.69 Å². The summed E-state index contributed by atoms with van der Waals surface area (Å²) in [6.07, 6.45) is 1.00. The maximum Gasteiger partial charge on any atom is 0.0313 e. The van der Waals surface area contributed by atoms with Crippen LogP contribution in [0.25, 0.3) is 22.3 Å². The van der Waals surface area contributed by atoms with Crippen LogP contribution in [0, 0.1) is 0 Å². The first-order valence-electron chi connectivity index (χ1n) is 15.6. The largest absolute Gasteiger partial charge is 0.399 e. The fraction of sp³-hybridized carbons (Fsp3) is 0.163. The maximum atomic E-state index is 5.36. The topological polar surface area (TPSA) is 26.0 Å². The van der Waals surface area contributed by atoms with Gasteiger partial charge in [-0.3, -0.25) is 0 Å². The number of nitrogens with two attached hydrogens (primary N) is 1. The van der Waals surface area contributed by atoms with E-state index in [4.69, 9.17) is 5.73 Å². The minimum atomic E-state index is 0.0807. The summed E-state index contributed by atoms with van der Waals surface area (Å²) in [5.41, 5.74) is 20.5. The van der Waals surface area contributed by atoms with Gasteiger partial charge in [-0.25, -0.2) is 0 Å². The van der Waals surface area contributed by atoms with Gasteiger partial charge in [-0.2, -0.15) is 0 Å². The number of halogens is 1. The molecule has 2 heteroatoms. The van der Waals surface area contributed by atoms with Gasteiger partial charge < -0.3 is 5.73 Å². The zero-order chi connectivity index (χ0) is 31.6. The van der Waals surface area contributed by atoms with Crippen LogP contribution in [0.2, 0.25) is 0 Å². The van der Waals surface area contributed by atoms with Gasteiger partial charge in [-0.15, -0.1) is 0 Å². The summed E-state index contributed by atoms with van der Waals surface area (Å²) in [5, 5.41) is 0. The van der Waals surface area contributed by atoms with E-state index in [9.17, 15) is 0 Å². The molecular formula is C43H40BrN. The molecule has 0 atom stereocenters. The minimum Gasteiger partial charge on any atom is -0.399 e. The lowest BCUT2D eigenvalue weighted by Crippen LogP contribution is -2.17. The molecule has 6 aromatic carbocycles. The summed E-state index contributed by atoms with van der Waals surface area (Å²) >= 11 is 3.68. The Balaban J connectivity index is 0.000000135. The lowest BCUT2D eigenvalue weighted by molar-refractivity contribution is 0.653. The standard InChI is InChI=1S/C22H20.C15H13Br.C6H7N/c1-22(2)20-14-7-6-12-18(20)19-13-8-11-17(21(19)22)15-16-9-4-3-5-10-16;1-15(2)12-8-4-3-6-10(12)11-7-5-9-13(16)14(11)15;7-6-4-2-1-3-5-6/h3-14H,15H2,1-2H3;3-9H,1-2H3;1-5H,7H2. The summed E-state index contributed by atoms with van der Waals surface area (Å²) in [5.74, 6) is 0. The Bertz CT molecular complexity index is 1940. The maximum absolute atomic E-state index is 5.36. The highest BCUT2D eigenvalue weighted by molar-refractivity contribution is 9.10. The first kappa shape index (κ1) is 30.6. The van der Waals surface area contributed by atoms with Gasteiger partial charge in [0.15, 0.2) is 0 Å². The Kier molecular flexibility index (Phi) is 8.53. The predicted molar refractivity (Wildman–Crippen MR) is 196 cm³/mol. The number of para-hydroxylation sites is 1. The van der Waals surface area contributed by atoms with E-state index in [0.29, 0.717) is 0 Å². The van der Waals surface area contributed by atoms with E-state index in [1.807, 2.05) is 30.3 Å². The molecule has 2 aliphatic carbocycles. The Labute approximate surface area is 276 Å². The minimum absolute atomic E-state index is 0.0807. The van der Waals surface area contributed by atoms with Crippen molar-refractivity contribution < 1.29 is 0 Å². The monoisotopic (exact) mass is 649 g/mol. The fourth-order valence-electron chi connectivity index (χ4n) is 7.16. The number of nitrogen functional groups attached to an aromatic ring is 1. The highest BCUT2D eigenvalue weighted by atomic mass is 79.9. The molecule has 0 heterocycles. The molecule has 0 amide bonds. The van der Waals surface area contributed by atoms with E-state index >= 15 is 0 Å². The normalized spacial score (nSPS) is 14.0. The molecule has 0 aliphatic heterocycles. The van der Waals surface area contributed by atoms with Crippen molar-refractivity contribution in [3.8, 4) is 22.3 Å². The number of anilines is 1. The number of hydrogen-bond donors (Lipinski definition) is 1. The Morgan fingerprint density at radius 2 is 0.911 bits per heavy atom. The van der Waals surface area contributed by atoms with Crippen molar-refractivity contribution in [2.45, 2.75) is 44.9 Å². The first-order chi connectivity index (χ1) is 21.7. The fourth-order valence-corrected chi connectivity index (χ4v) is 8.02. The van der Waals surface area contributed by atoms with Crippen molar-refractivity contribution in [3.63, 3.8) is 0 Å². The second-order valence-electron chi connectivity index (χ2n) is 12.9. The molecule has 0 spiro atoms. The zero-order valence-electron chi connectivity index (χ0n) is 26.5. The summed E-state index contributed by atoms with van der Waals surface area (Å²) in [4.78, 5) is 0. The molecular weight excluding hydrogens is 610 g/mol. The van der Waals surface area contributed by atoms with Gasteiger partial charge in [-0.05, 0) is 80.3 Å². The molecule has 0 radical (unpaired) electrons. The quantitative estimate of drug-likeness (QED) is 0.186. The van der Waals surface area contributed by atoms with E-state index in [-0.39, 0.29) is 10.8 Å². The number of rotatable bonds is 2. The molecule has 224 valence electrons. The second kappa shape index (κ2) is 12.5. The summed E-state index contributed by atoms with van der Waals surface area (Å²) in [6.45, 7) is 9.29. The van der Waals surface area contributed by atoms with Crippen molar-refractivity contribution in [2.24, 2.45) is 0 Å². The lowest BCUT2D eigenvalue weighted by atomic mass is 9.79. The molecule has 2 N–H and O–H groups in total. The van der Waals surface area contributed by atoms with Gasteiger partial charge in [0.05, 0.1) is 0 Å². The van der Waals surface area contributed by atoms with Gasteiger partial charge in [-0.1, -0.05) is 171 Å². The SMILES string of the molecule is CC1(C)c2ccccc2-c2cccc(Br)c21.CC1(C)c2ccccc2-c2cccc(Cc3ccccc3)c21.Nc1ccccc1. The first-order valence-corrected chi connectivity index (χ1v) is 16.4. The third-order valence-corrected chi connectivity index (χ3v) is 9.89. The highest BCUT2D eigenvalue weighted by Gasteiger charge is 2.37. The molecule has 2 aliphatic rings.